The minimum absolute atomic E-state index is 0.0404. The summed E-state index contributed by atoms with van der Waals surface area (Å²) < 4.78 is 5.87. The highest BCUT2D eigenvalue weighted by molar-refractivity contribution is 6.30. The SMILES string of the molecule is Cc1c(C(=O)N2CC(O)C(N3CCN(Cc4ccc(Cl)cc4)CC3)C2)oc2ccccc12. The molecule has 1 amide bonds. The lowest BCUT2D eigenvalue weighted by Gasteiger charge is -2.38. The van der Waals surface area contributed by atoms with Gasteiger partial charge in [0.2, 0.25) is 0 Å². The summed E-state index contributed by atoms with van der Waals surface area (Å²) in [5.74, 6) is 0.244. The van der Waals surface area contributed by atoms with E-state index in [-0.39, 0.29) is 11.9 Å². The number of furan rings is 1. The summed E-state index contributed by atoms with van der Waals surface area (Å²) in [5, 5.41) is 12.5. The second-order valence-corrected chi connectivity index (χ2v) is 9.27. The van der Waals surface area contributed by atoms with Gasteiger partial charge in [0, 0.05) is 61.8 Å². The van der Waals surface area contributed by atoms with E-state index in [2.05, 4.69) is 21.9 Å². The fourth-order valence-electron chi connectivity index (χ4n) is 4.92. The van der Waals surface area contributed by atoms with Crippen LogP contribution in [-0.2, 0) is 6.54 Å². The van der Waals surface area contributed by atoms with E-state index in [4.69, 9.17) is 16.0 Å². The van der Waals surface area contributed by atoms with E-state index in [0.29, 0.717) is 18.8 Å². The fourth-order valence-corrected chi connectivity index (χ4v) is 5.04. The number of β-amino-alcohol motifs (C(OH)–C–C–N with tert-alkyl or cyclic N) is 1. The van der Waals surface area contributed by atoms with Crippen molar-refractivity contribution >= 4 is 28.5 Å². The van der Waals surface area contributed by atoms with Crippen LogP contribution in [0.2, 0.25) is 5.02 Å². The molecule has 1 aromatic heterocycles. The van der Waals surface area contributed by atoms with Crippen molar-refractivity contribution in [2.24, 2.45) is 0 Å². The second-order valence-electron chi connectivity index (χ2n) is 8.84. The first-order valence-corrected chi connectivity index (χ1v) is 11.5. The number of carbonyl (C=O) groups is 1. The molecule has 0 saturated carbocycles. The Balaban J connectivity index is 1.20. The van der Waals surface area contributed by atoms with Crippen LogP contribution in [-0.4, -0.2) is 77.1 Å². The molecule has 5 rings (SSSR count). The molecule has 7 heteroatoms. The van der Waals surface area contributed by atoms with E-state index in [1.54, 1.807) is 4.90 Å². The van der Waals surface area contributed by atoms with E-state index >= 15 is 0 Å². The summed E-state index contributed by atoms with van der Waals surface area (Å²) in [6.07, 6.45) is -0.550. The number of aliphatic hydroxyl groups is 1. The van der Waals surface area contributed by atoms with E-state index in [9.17, 15) is 9.90 Å². The first kappa shape index (κ1) is 21.5. The molecule has 2 aliphatic rings. The zero-order valence-corrected chi connectivity index (χ0v) is 19.0. The molecule has 6 nitrogen and oxygen atoms in total. The maximum Gasteiger partial charge on any atom is 0.290 e. The van der Waals surface area contributed by atoms with Crippen LogP contribution in [0.1, 0.15) is 21.7 Å². The summed E-state index contributed by atoms with van der Waals surface area (Å²) in [4.78, 5) is 19.7. The van der Waals surface area contributed by atoms with Gasteiger partial charge in [0.05, 0.1) is 12.1 Å². The van der Waals surface area contributed by atoms with Crippen molar-refractivity contribution in [1.82, 2.24) is 14.7 Å². The zero-order chi connectivity index (χ0) is 22.2. The molecule has 0 aliphatic carbocycles. The largest absolute Gasteiger partial charge is 0.451 e. The maximum atomic E-state index is 13.2. The van der Waals surface area contributed by atoms with Gasteiger partial charge >= 0.3 is 0 Å². The molecule has 1 N–H and O–H groups in total. The van der Waals surface area contributed by atoms with E-state index < -0.39 is 6.10 Å². The number of aryl methyl sites for hydroxylation is 1. The molecule has 168 valence electrons. The highest BCUT2D eigenvalue weighted by atomic mass is 35.5. The fraction of sp³-hybridized carbons (Fsp3) is 0.400. The normalized spacial score (nSPS) is 22.7. The summed E-state index contributed by atoms with van der Waals surface area (Å²) in [7, 11) is 0. The molecule has 2 unspecified atom stereocenters. The van der Waals surface area contributed by atoms with Crippen molar-refractivity contribution < 1.29 is 14.3 Å². The summed E-state index contributed by atoms with van der Waals surface area (Å²) in [5.41, 5.74) is 2.84. The predicted molar refractivity (Wildman–Crippen MR) is 125 cm³/mol. The smallest absolute Gasteiger partial charge is 0.290 e. The Morgan fingerprint density at radius 1 is 1.06 bits per heavy atom. The number of fused-ring (bicyclic) bond motifs is 1. The zero-order valence-electron chi connectivity index (χ0n) is 18.2. The third kappa shape index (κ3) is 4.16. The number of piperazine rings is 1. The average Bonchev–Trinajstić information content (AvgIpc) is 3.36. The van der Waals surface area contributed by atoms with Crippen molar-refractivity contribution in [2.75, 3.05) is 39.3 Å². The van der Waals surface area contributed by atoms with E-state index in [1.165, 1.54) is 5.56 Å². The van der Waals surface area contributed by atoms with Crippen molar-refractivity contribution in [3.05, 3.63) is 70.4 Å². The molecule has 0 spiro atoms. The number of aliphatic hydroxyl groups excluding tert-OH is 1. The Morgan fingerprint density at radius 2 is 1.78 bits per heavy atom. The maximum absolute atomic E-state index is 13.2. The first-order valence-electron chi connectivity index (χ1n) is 11.2. The number of hydrogen-bond acceptors (Lipinski definition) is 5. The lowest BCUT2D eigenvalue weighted by atomic mass is 10.1. The highest BCUT2D eigenvalue weighted by Gasteiger charge is 2.40. The van der Waals surface area contributed by atoms with Crippen molar-refractivity contribution in [1.29, 1.82) is 0 Å². The third-order valence-electron chi connectivity index (χ3n) is 6.78. The van der Waals surface area contributed by atoms with Gasteiger partial charge in [-0.25, -0.2) is 0 Å². The van der Waals surface area contributed by atoms with Gasteiger partial charge in [0.15, 0.2) is 5.76 Å². The standard InChI is InChI=1S/C25H28ClN3O3/c1-17-20-4-2-3-5-23(20)32-24(17)25(31)29-15-21(22(30)16-29)28-12-10-27(11-13-28)14-18-6-8-19(26)9-7-18/h2-9,21-22,30H,10-16H2,1H3. The minimum atomic E-state index is -0.550. The van der Waals surface area contributed by atoms with Gasteiger partial charge < -0.3 is 14.4 Å². The minimum Gasteiger partial charge on any atom is -0.451 e. The molecule has 2 atom stereocenters. The van der Waals surface area contributed by atoms with Crippen molar-refractivity contribution in [3.8, 4) is 0 Å². The van der Waals surface area contributed by atoms with Crippen LogP contribution >= 0.6 is 11.6 Å². The van der Waals surface area contributed by atoms with Crippen molar-refractivity contribution in [3.63, 3.8) is 0 Å². The number of rotatable bonds is 4. The van der Waals surface area contributed by atoms with Crippen LogP contribution in [0.3, 0.4) is 0 Å². The lowest BCUT2D eigenvalue weighted by Crippen LogP contribution is -2.53. The van der Waals surface area contributed by atoms with Gasteiger partial charge in [-0.05, 0) is 30.7 Å². The number of nitrogens with zero attached hydrogens (tertiary/aromatic N) is 3. The topological polar surface area (TPSA) is 60.2 Å². The number of halogens is 1. The Bertz CT molecular complexity index is 1110. The molecule has 2 fully saturated rings. The monoisotopic (exact) mass is 453 g/mol. The van der Waals surface area contributed by atoms with E-state index in [1.807, 2.05) is 43.3 Å². The van der Waals surface area contributed by atoms with Gasteiger partial charge in [-0.15, -0.1) is 0 Å². The Labute approximate surface area is 193 Å². The molecule has 0 bridgehead atoms. The molecule has 3 heterocycles. The number of amides is 1. The molecule has 32 heavy (non-hydrogen) atoms. The van der Waals surface area contributed by atoms with Gasteiger partial charge in [0.25, 0.3) is 5.91 Å². The summed E-state index contributed by atoms with van der Waals surface area (Å²) in [6.45, 7) is 7.29. The van der Waals surface area contributed by atoms with Gasteiger partial charge in [0.1, 0.15) is 5.58 Å². The number of para-hydroxylation sites is 1. The van der Waals surface area contributed by atoms with E-state index in [0.717, 1.165) is 54.3 Å². The Hall–Kier alpha value is -2.38. The predicted octanol–water partition coefficient (Wildman–Crippen LogP) is 3.40. The molecular weight excluding hydrogens is 426 g/mol. The average molecular weight is 454 g/mol. The van der Waals surface area contributed by atoms with Crippen LogP contribution in [0.25, 0.3) is 11.0 Å². The van der Waals surface area contributed by atoms with Crippen LogP contribution in [0.15, 0.2) is 52.9 Å². The summed E-state index contributed by atoms with van der Waals surface area (Å²) >= 11 is 5.98. The molecule has 2 aromatic carbocycles. The number of hydrogen-bond donors (Lipinski definition) is 1. The number of carbonyl (C=O) groups excluding carboxylic acids is 1. The lowest BCUT2D eigenvalue weighted by molar-refractivity contribution is 0.0423. The van der Waals surface area contributed by atoms with Crippen molar-refractivity contribution in [2.45, 2.75) is 25.6 Å². The highest BCUT2D eigenvalue weighted by Crippen LogP contribution is 2.28. The van der Waals surface area contributed by atoms with Gasteiger partial charge in [-0.3, -0.25) is 14.6 Å². The van der Waals surface area contributed by atoms with Gasteiger partial charge in [-0.1, -0.05) is 41.9 Å². The van der Waals surface area contributed by atoms with Crippen LogP contribution in [0, 0.1) is 6.92 Å². The Morgan fingerprint density at radius 3 is 2.50 bits per heavy atom. The number of benzene rings is 2. The quantitative estimate of drug-likeness (QED) is 0.656. The van der Waals surface area contributed by atoms with Crippen LogP contribution in [0.5, 0.6) is 0 Å². The summed E-state index contributed by atoms with van der Waals surface area (Å²) in [6, 6.07) is 15.7. The molecule has 2 saturated heterocycles. The van der Waals surface area contributed by atoms with Gasteiger partial charge in [-0.2, -0.15) is 0 Å². The molecular formula is C25H28ClN3O3. The third-order valence-corrected chi connectivity index (χ3v) is 7.03. The first-order chi connectivity index (χ1) is 15.5. The molecule has 2 aliphatic heterocycles. The van der Waals surface area contributed by atoms with Crippen LogP contribution < -0.4 is 0 Å². The van der Waals surface area contributed by atoms with Crippen LogP contribution in [0.4, 0.5) is 0 Å². The second kappa shape index (κ2) is 8.87. The molecule has 0 radical (unpaired) electrons. The molecule has 3 aromatic rings. The Kier molecular flexibility index (Phi) is 5.95. The number of likely N-dealkylation sites (tertiary alicyclic amines) is 1.